The Kier molecular flexibility index (Phi) is 3.52. The first-order valence-corrected chi connectivity index (χ1v) is 5.31. The highest BCUT2D eigenvalue weighted by Gasteiger charge is 2.13. The summed E-state index contributed by atoms with van der Waals surface area (Å²) < 4.78 is 2.36. The van der Waals surface area contributed by atoms with Crippen molar-refractivity contribution in [3.63, 3.8) is 0 Å². The number of imidazole rings is 1. The summed E-state index contributed by atoms with van der Waals surface area (Å²) in [4.78, 5) is 4.51. The first kappa shape index (κ1) is 10.3. The fraction of sp³-hybridized carbons (Fsp3) is 0.727. The van der Waals surface area contributed by atoms with Crippen LogP contribution in [-0.2, 0) is 13.0 Å². The Morgan fingerprint density at radius 1 is 1.15 bits per heavy atom. The van der Waals surface area contributed by atoms with E-state index in [1.807, 2.05) is 13.8 Å². The molecule has 0 unspecified atom stereocenters. The van der Waals surface area contributed by atoms with Crippen LogP contribution in [0, 0.1) is 13.8 Å². The maximum Gasteiger partial charge on any atom is 0.109 e. The van der Waals surface area contributed by atoms with Crippen molar-refractivity contribution in [2.24, 2.45) is 0 Å². The Morgan fingerprint density at radius 3 is 2.46 bits per heavy atom. The molecule has 2 heteroatoms. The van der Waals surface area contributed by atoms with E-state index in [1.165, 1.54) is 43.0 Å². The summed E-state index contributed by atoms with van der Waals surface area (Å²) in [5, 5.41) is 0. The zero-order valence-electron chi connectivity index (χ0n) is 9.22. The van der Waals surface area contributed by atoms with Crippen molar-refractivity contribution < 1.29 is 0 Å². The predicted octanol–water partition coefficient (Wildman–Crippen LogP) is 2.86. The summed E-state index contributed by atoms with van der Waals surface area (Å²) in [6.45, 7) is 9.44. The molecule has 0 saturated carbocycles. The van der Waals surface area contributed by atoms with Gasteiger partial charge in [-0.05, 0) is 26.7 Å². The molecule has 1 aromatic rings. The number of nitrogens with zero attached hydrogens (tertiary/aromatic N) is 2. The van der Waals surface area contributed by atoms with Gasteiger partial charge in [-0.25, -0.2) is 4.98 Å². The first-order chi connectivity index (χ1) is 6.29. The number of hydrogen-bond donors (Lipinski definition) is 0. The van der Waals surface area contributed by atoms with Gasteiger partial charge in [0.1, 0.15) is 5.82 Å². The maximum atomic E-state index is 4.51. The monoisotopic (exact) mass is 180 g/mol. The lowest BCUT2D eigenvalue weighted by atomic mass is 10.2. The molecule has 0 radical (unpaired) electrons. The summed E-state index contributed by atoms with van der Waals surface area (Å²) in [6.07, 6.45) is 3.81. The third-order valence-electron chi connectivity index (χ3n) is 2.57. The van der Waals surface area contributed by atoms with Crippen molar-refractivity contribution in [3.8, 4) is 0 Å². The van der Waals surface area contributed by atoms with Crippen molar-refractivity contribution >= 4 is 0 Å². The fourth-order valence-electron chi connectivity index (χ4n) is 1.76. The molecule has 0 bridgehead atoms. The van der Waals surface area contributed by atoms with Gasteiger partial charge in [0.15, 0.2) is 0 Å². The molecule has 0 saturated heterocycles. The Balaban J connectivity index is 0.000000396. The summed E-state index contributed by atoms with van der Waals surface area (Å²) in [7, 11) is 0. The molecule has 0 aromatic carbocycles. The summed E-state index contributed by atoms with van der Waals surface area (Å²) in [6, 6.07) is 0. The van der Waals surface area contributed by atoms with Gasteiger partial charge in [-0.1, -0.05) is 13.8 Å². The zero-order chi connectivity index (χ0) is 9.84. The second-order valence-corrected chi connectivity index (χ2v) is 3.31. The molecule has 0 N–H and O–H groups in total. The van der Waals surface area contributed by atoms with Gasteiger partial charge < -0.3 is 4.57 Å². The minimum absolute atomic E-state index is 1.18. The molecule has 0 fully saturated rings. The molecule has 0 spiro atoms. The lowest BCUT2D eigenvalue weighted by molar-refractivity contribution is 0.514. The SMILES string of the molecule is CC.Cc1nc2n(c1C)CCCC2. The van der Waals surface area contributed by atoms with Crippen LogP contribution in [-0.4, -0.2) is 9.55 Å². The van der Waals surface area contributed by atoms with Gasteiger partial charge in [0, 0.05) is 18.7 Å². The number of aryl methyl sites for hydroxylation is 2. The molecule has 1 aliphatic rings. The summed E-state index contributed by atoms with van der Waals surface area (Å²) in [5.41, 5.74) is 2.57. The summed E-state index contributed by atoms with van der Waals surface area (Å²) in [5.74, 6) is 1.30. The van der Waals surface area contributed by atoms with Crippen LogP contribution in [0.4, 0.5) is 0 Å². The molecule has 2 nitrogen and oxygen atoms in total. The lowest BCUT2D eigenvalue weighted by Gasteiger charge is -2.14. The zero-order valence-corrected chi connectivity index (χ0v) is 9.22. The molecule has 2 heterocycles. The standard InChI is InChI=1S/C9H14N2.C2H6/c1-7-8(2)11-6-4-3-5-9(11)10-7;1-2/h3-6H2,1-2H3;1-2H3. The topological polar surface area (TPSA) is 17.8 Å². The maximum absolute atomic E-state index is 4.51. The number of rotatable bonds is 0. The minimum atomic E-state index is 1.18. The Morgan fingerprint density at radius 2 is 1.85 bits per heavy atom. The largest absolute Gasteiger partial charge is 0.332 e. The third-order valence-corrected chi connectivity index (χ3v) is 2.57. The number of aromatic nitrogens is 2. The molecule has 74 valence electrons. The van der Waals surface area contributed by atoms with E-state index in [1.54, 1.807) is 0 Å². The Bertz CT molecular complexity index is 274. The third kappa shape index (κ3) is 1.93. The molecule has 0 atom stereocenters. The Labute approximate surface area is 81.0 Å². The van der Waals surface area contributed by atoms with E-state index >= 15 is 0 Å². The molecule has 13 heavy (non-hydrogen) atoms. The minimum Gasteiger partial charge on any atom is -0.332 e. The van der Waals surface area contributed by atoms with Gasteiger partial charge in [0.2, 0.25) is 0 Å². The predicted molar refractivity (Wildman–Crippen MR) is 56.0 cm³/mol. The van der Waals surface area contributed by atoms with E-state index in [2.05, 4.69) is 23.4 Å². The van der Waals surface area contributed by atoms with Gasteiger partial charge in [0.25, 0.3) is 0 Å². The van der Waals surface area contributed by atoms with Crippen molar-refractivity contribution in [2.75, 3.05) is 0 Å². The van der Waals surface area contributed by atoms with Crippen LogP contribution in [0.25, 0.3) is 0 Å². The van der Waals surface area contributed by atoms with Gasteiger partial charge in [-0.3, -0.25) is 0 Å². The van der Waals surface area contributed by atoms with Gasteiger partial charge >= 0.3 is 0 Å². The van der Waals surface area contributed by atoms with Crippen molar-refractivity contribution in [1.82, 2.24) is 9.55 Å². The van der Waals surface area contributed by atoms with Gasteiger partial charge in [0.05, 0.1) is 5.69 Å². The smallest absolute Gasteiger partial charge is 0.109 e. The van der Waals surface area contributed by atoms with E-state index in [0.717, 1.165) is 0 Å². The summed E-state index contributed by atoms with van der Waals surface area (Å²) >= 11 is 0. The highest BCUT2D eigenvalue weighted by Crippen LogP contribution is 2.17. The average Bonchev–Trinajstić information content (AvgIpc) is 2.47. The highest BCUT2D eigenvalue weighted by atomic mass is 15.1. The van der Waals surface area contributed by atoms with Crippen LogP contribution in [0.1, 0.15) is 43.9 Å². The van der Waals surface area contributed by atoms with Crippen molar-refractivity contribution in [3.05, 3.63) is 17.2 Å². The van der Waals surface area contributed by atoms with E-state index in [0.29, 0.717) is 0 Å². The van der Waals surface area contributed by atoms with Crippen LogP contribution in [0.2, 0.25) is 0 Å². The fourth-order valence-corrected chi connectivity index (χ4v) is 1.76. The van der Waals surface area contributed by atoms with E-state index < -0.39 is 0 Å². The van der Waals surface area contributed by atoms with Crippen LogP contribution in [0.3, 0.4) is 0 Å². The van der Waals surface area contributed by atoms with Gasteiger partial charge in [-0.2, -0.15) is 0 Å². The highest BCUT2D eigenvalue weighted by molar-refractivity contribution is 5.15. The van der Waals surface area contributed by atoms with Crippen molar-refractivity contribution in [2.45, 2.75) is 53.5 Å². The van der Waals surface area contributed by atoms with E-state index in [9.17, 15) is 0 Å². The molecule has 1 aromatic heterocycles. The molecule has 2 rings (SSSR count). The lowest BCUT2D eigenvalue weighted by Crippen LogP contribution is -2.11. The van der Waals surface area contributed by atoms with Crippen molar-refractivity contribution in [1.29, 1.82) is 0 Å². The first-order valence-electron chi connectivity index (χ1n) is 5.31. The molecular weight excluding hydrogens is 160 g/mol. The van der Waals surface area contributed by atoms with Crippen LogP contribution in [0.15, 0.2) is 0 Å². The van der Waals surface area contributed by atoms with Crippen LogP contribution in [0.5, 0.6) is 0 Å². The van der Waals surface area contributed by atoms with Crippen LogP contribution < -0.4 is 0 Å². The van der Waals surface area contributed by atoms with Crippen LogP contribution >= 0.6 is 0 Å². The number of hydrogen-bond acceptors (Lipinski definition) is 1. The normalized spacial score (nSPS) is 14.5. The van der Waals surface area contributed by atoms with Gasteiger partial charge in [-0.15, -0.1) is 0 Å². The molecular formula is C11H20N2. The van der Waals surface area contributed by atoms with E-state index in [-0.39, 0.29) is 0 Å². The second kappa shape index (κ2) is 4.45. The molecule has 0 aliphatic carbocycles. The molecule has 1 aliphatic heterocycles. The average molecular weight is 180 g/mol. The second-order valence-electron chi connectivity index (χ2n) is 3.31. The molecule has 0 amide bonds. The quantitative estimate of drug-likeness (QED) is 0.600. The number of fused-ring (bicyclic) bond motifs is 1. The van der Waals surface area contributed by atoms with E-state index in [4.69, 9.17) is 0 Å². The Hall–Kier alpha value is -0.790.